The van der Waals surface area contributed by atoms with E-state index in [2.05, 4.69) is 25.7 Å². The Hall–Kier alpha value is -1.05. The van der Waals surface area contributed by atoms with Crippen molar-refractivity contribution in [1.82, 2.24) is 9.80 Å². The molecule has 1 aromatic carbocycles. The van der Waals surface area contributed by atoms with E-state index < -0.39 is 6.10 Å². The first-order chi connectivity index (χ1) is 12.1. The topological polar surface area (TPSA) is 49.1 Å². The van der Waals surface area contributed by atoms with Crippen LogP contribution in [0.5, 0.6) is 5.75 Å². The molecule has 1 aliphatic heterocycles. The average Bonchev–Trinajstić information content (AvgIpc) is 3.09. The van der Waals surface area contributed by atoms with Gasteiger partial charge in [0.2, 0.25) is 0 Å². The molecular weight excluding hydrogens is 408 g/mol. The summed E-state index contributed by atoms with van der Waals surface area (Å²) in [6.07, 6.45) is 1.18. The lowest BCUT2D eigenvalue weighted by atomic mass is 10.2. The van der Waals surface area contributed by atoms with Crippen LogP contribution >= 0.6 is 27.5 Å². The molecule has 1 fully saturated rings. The molecule has 5 nitrogen and oxygen atoms in total. The fraction of sp³-hybridized carbons (Fsp3) is 0.444. The average molecular weight is 430 g/mol. The molecule has 1 aromatic heterocycles. The van der Waals surface area contributed by atoms with Crippen LogP contribution in [0.25, 0.3) is 0 Å². The lowest BCUT2D eigenvalue weighted by molar-refractivity contribution is 0.0432. The minimum Gasteiger partial charge on any atom is -0.490 e. The number of ether oxygens (including phenoxy) is 1. The van der Waals surface area contributed by atoms with Crippen molar-refractivity contribution >= 4 is 27.5 Å². The Balaban J connectivity index is 1.38. The second-order valence-electron chi connectivity index (χ2n) is 6.20. The maximum absolute atomic E-state index is 10.2. The summed E-state index contributed by atoms with van der Waals surface area (Å²) in [4.78, 5) is 4.63. The highest BCUT2D eigenvalue weighted by molar-refractivity contribution is 9.10. The SMILES string of the molecule is OC(COc1ccc(Cl)cc1Br)CN1CCN(Cc2ccco2)CC1. The number of halogens is 2. The predicted octanol–water partition coefficient (Wildman–Crippen LogP) is 3.25. The fourth-order valence-corrected chi connectivity index (χ4v) is 3.68. The zero-order valence-electron chi connectivity index (χ0n) is 13.9. The Bertz CT molecular complexity index is 660. The van der Waals surface area contributed by atoms with E-state index in [4.69, 9.17) is 20.8 Å². The van der Waals surface area contributed by atoms with Crippen molar-refractivity contribution in [2.75, 3.05) is 39.3 Å². The van der Waals surface area contributed by atoms with Crippen LogP contribution in [0, 0.1) is 0 Å². The van der Waals surface area contributed by atoms with Crippen molar-refractivity contribution in [3.8, 4) is 5.75 Å². The smallest absolute Gasteiger partial charge is 0.133 e. The van der Waals surface area contributed by atoms with E-state index in [1.807, 2.05) is 12.1 Å². The minimum atomic E-state index is -0.529. The van der Waals surface area contributed by atoms with Crippen molar-refractivity contribution in [3.05, 3.63) is 51.9 Å². The lowest BCUT2D eigenvalue weighted by Gasteiger charge is -2.35. The molecule has 1 unspecified atom stereocenters. The van der Waals surface area contributed by atoms with Crippen LogP contribution in [-0.2, 0) is 6.54 Å². The Kier molecular flexibility index (Phi) is 6.78. The molecule has 3 rings (SSSR count). The van der Waals surface area contributed by atoms with E-state index in [-0.39, 0.29) is 6.61 Å². The van der Waals surface area contributed by atoms with E-state index in [1.165, 1.54) is 0 Å². The summed E-state index contributed by atoms with van der Waals surface area (Å²) in [7, 11) is 0. The summed E-state index contributed by atoms with van der Waals surface area (Å²) < 4.78 is 11.9. The third-order valence-electron chi connectivity index (χ3n) is 4.22. The third kappa shape index (κ3) is 5.72. The van der Waals surface area contributed by atoms with Crippen molar-refractivity contribution in [2.45, 2.75) is 12.6 Å². The first kappa shape index (κ1) is 18.7. The van der Waals surface area contributed by atoms with Crippen LogP contribution in [0.15, 0.2) is 45.5 Å². The molecule has 1 N–H and O–H groups in total. The largest absolute Gasteiger partial charge is 0.490 e. The lowest BCUT2D eigenvalue weighted by Crippen LogP contribution is -2.48. The molecule has 0 radical (unpaired) electrons. The number of hydrogen-bond acceptors (Lipinski definition) is 5. The van der Waals surface area contributed by atoms with Crippen LogP contribution in [-0.4, -0.2) is 60.3 Å². The summed E-state index contributed by atoms with van der Waals surface area (Å²) in [5.41, 5.74) is 0. The van der Waals surface area contributed by atoms with Gasteiger partial charge < -0.3 is 14.3 Å². The van der Waals surface area contributed by atoms with Gasteiger partial charge in [-0.3, -0.25) is 9.80 Å². The third-order valence-corrected chi connectivity index (χ3v) is 5.07. The number of rotatable bonds is 7. The van der Waals surface area contributed by atoms with Gasteiger partial charge in [0.1, 0.15) is 24.2 Å². The highest BCUT2D eigenvalue weighted by Gasteiger charge is 2.20. The quantitative estimate of drug-likeness (QED) is 0.732. The molecule has 7 heteroatoms. The van der Waals surface area contributed by atoms with Crippen molar-refractivity contribution < 1.29 is 14.3 Å². The monoisotopic (exact) mass is 428 g/mol. The minimum absolute atomic E-state index is 0.257. The summed E-state index contributed by atoms with van der Waals surface area (Å²) >= 11 is 9.33. The second kappa shape index (κ2) is 9.05. The van der Waals surface area contributed by atoms with Crippen LogP contribution < -0.4 is 4.74 Å². The van der Waals surface area contributed by atoms with Crippen molar-refractivity contribution in [1.29, 1.82) is 0 Å². The van der Waals surface area contributed by atoms with Gasteiger partial charge >= 0.3 is 0 Å². The number of hydrogen-bond donors (Lipinski definition) is 1. The molecule has 2 heterocycles. The molecule has 1 saturated heterocycles. The van der Waals surface area contributed by atoms with Crippen LogP contribution in [0.2, 0.25) is 5.02 Å². The van der Waals surface area contributed by atoms with Gasteiger partial charge in [-0.15, -0.1) is 0 Å². The Morgan fingerprint density at radius 3 is 2.64 bits per heavy atom. The zero-order chi connectivity index (χ0) is 17.6. The number of aliphatic hydroxyl groups is 1. The maximum atomic E-state index is 10.2. The van der Waals surface area contributed by atoms with E-state index in [1.54, 1.807) is 24.5 Å². The highest BCUT2D eigenvalue weighted by Crippen LogP contribution is 2.28. The standard InChI is InChI=1S/C18H22BrClN2O3/c19-17-10-14(20)3-4-18(17)25-13-15(23)11-21-5-7-22(8-6-21)12-16-2-1-9-24-16/h1-4,9-10,15,23H,5-8,11-13H2. The number of aliphatic hydroxyl groups excluding tert-OH is 1. The van der Waals surface area contributed by atoms with Gasteiger partial charge in [-0.25, -0.2) is 0 Å². The van der Waals surface area contributed by atoms with E-state index in [0.717, 1.165) is 43.0 Å². The van der Waals surface area contributed by atoms with Crippen LogP contribution in [0.3, 0.4) is 0 Å². The summed E-state index contributed by atoms with van der Waals surface area (Å²) in [6, 6.07) is 9.27. The fourth-order valence-electron chi connectivity index (χ4n) is 2.88. The second-order valence-corrected chi connectivity index (χ2v) is 7.49. The number of furan rings is 1. The molecule has 0 spiro atoms. The summed E-state index contributed by atoms with van der Waals surface area (Å²) in [5.74, 6) is 1.68. The highest BCUT2D eigenvalue weighted by atomic mass is 79.9. The Labute approximate surface area is 161 Å². The van der Waals surface area contributed by atoms with Crippen LogP contribution in [0.1, 0.15) is 5.76 Å². The van der Waals surface area contributed by atoms with Gasteiger partial charge in [-0.2, -0.15) is 0 Å². The first-order valence-electron chi connectivity index (χ1n) is 8.33. The number of β-amino-alcohol motifs (C(OH)–C–C–N with tert-alkyl or cyclic N) is 1. The molecule has 0 amide bonds. The first-order valence-corrected chi connectivity index (χ1v) is 9.50. The number of nitrogens with zero attached hydrogens (tertiary/aromatic N) is 2. The van der Waals surface area contributed by atoms with Gasteiger partial charge in [0.25, 0.3) is 0 Å². The predicted molar refractivity (Wildman–Crippen MR) is 101 cm³/mol. The Morgan fingerprint density at radius 1 is 1.20 bits per heavy atom. The molecule has 1 atom stereocenters. The van der Waals surface area contributed by atoms with Crippen LogP contribution in [0.4, 0.5) is 0 Å². The van der Waals surface area contributed by atoms with Gasteiger partial charge in [-0.05, 0) is 46.3 Å². The zero-order valence-corrected chi connectivity index (χ0v) is 16.2. The summed E-state index contributed by atoms with van der Waals surface area (Å²) in [5, 5.41) is 10.9. The summed E-state index contributed by atoms with van der Waals surface area (Å²) in [6.45, 7) is 5.52. The molecule has 0 aliphatic carbocycles. The number of benzene rings is 1. The normalized spacial score (nSPS) is 17.6. The van der Waals surface area contributed by atoms with Crippen molar-refractivity contribution in [2.24, 2.45) is 0 Å². The van der Waals surface area contributed by atoms with E-state index in [0.29, 0.717) is 17.3 Å². The molecule has 136 valence electrons. The molecule has 1 aliphatic rings. The molecule has 2 aromatic rings. The van der Waals surface area contributed by atoms with Gasteiger partial charge in [0, 0.05) is 37.7 Å². The van der Waals surface area contributed by atoms with E-state index >= 15 is 0 Å². The molecule has 0 saturated carbocycles. The van der Waals surface area contributed by atoms with Crippen molar-refractivity contribution in [3.63, 3.8) is 0 Å². The number of piperazine rings is 1. The van der Waals surface area contributed by atoms with E-state index in [9.17, 15) is 5.11 Å². The maximum Gasteiger partial charge on any atom is 0.133 e. The molecule has 25 heavy (non-hydrogen) atoms. The van der Waals surface area contributed by atoms with Gasteiger partial charge in [0.05, 0.1) is 17.3 Å². The Morgan fingerprint density at radius 2 is 1.96 bits per heavy atom. The van der Waals surface area contributed by atoms with Gasteiger partial charge in [0.15, 0.2) is 0 Å². The molecular formula is C18H22BrClN2O3. The molecule has 0 bridgehead atoms. The van der Waals surface area contributed by atoms with Gasteiger partial charge in [-0.1, -0.05) is 11.6 Å².